The minimum atomic E-state index is -0.175. The van der Waals surface area contributed by atoms with Gasteiger partial charge in [0.1, 0.15) is 5.65 Å². The van der Waals surface area contributed by atoms with E-state index in [1.165, 1.54) is 11.1 Å². The third kappa shape index (κ3) is 4.10. The molecule has 2 aliphatic carbocycles. The summed E-state index contributed by atoms with van der Waals surface area (Å²) in [4.78, 5) is 25.0. The van der Waals surface area contributed by atoms with Crippen LogP contribution in [0.2, 0.25) is 10.0 Å². The normalized spacial score (nSPS) is 17.2. The molecule has 0 saturated heterocycles. The quantitative estimate of drug-likeness (QED) is 0.367. The number of benzene rings is 2. The van der Waals surface area contributed by atoms with Gasteiger partial charge in [-0.25, -0.2) is 4.98 Å². The van der Waals surface area contributed by atoms with E-state index < -0.39 is 0 Å². The van der Waals surface area contributed by atoms with Crippen molar-refractivity contribution in [3.8, 4) is 11.1 Å². The third-order valence-corrected chi connectivity index (χ3v) is 7.68. The average molecular weight is 506 g/mol. The number of pyridine rings is 1. The zero-order valence-electron chi connectivity index (χ0n) is 19.6. The number of hydrogen-bond donors (Lipinski definition) is 1. The van der Waals surface area contributed by atoms with Gasteiger partial charge in [-0.1, -0.05) is 35.3 Å². The lowest BCUT2D eigenvalue weighted by atomic mass is 10.1. The van der Waals surface area contributed by atoms with Gasteiger partial charge in [-0.3, -0.25) is 4.79 Å². The largest absolute Gasteiger partial charge is 0.328 e. The maximum Gasteiger partial charge on any atom is 0.229 e. The summed E-state index contributed by atoms with van der Waals surface area (Å²) >= 11 is 12.9. The molecule has 2 aromatic heterocycles. The molecular weight excluding hydrogens is 481 g/mol. The van der Waals surface area contributed by atoms with Crippen LogP contribution in [0.15, 0.2) is 53.6 Å². The number of nitrogens with zero attached hydrogens (tertiary/aromatic N) is 4. The SMILES string of the molecule is CN(C)C1Cc2ccc(Nc3ncc4c(=O)c(-c5c(Cl)cccc5Cl)cn(C5CC5)c4n3)cc2C1. The van der Waals surface area contributed by atoms with Crippen LogP contribution in [-0.4, -0.2) is 39.6 Å². The Hall–Kier alpha value is -2.93. The van der Waals surface area contributed by atoms with Gasteiger partial charge in [-0.2, -0.15) is 4.98 Å². The van der Waals surface area contributed by atoms with E-state index in [4.69, 9.17) is 28.2 Å². The van der Waals surface area contributed by atoms with E-state index >= 15 is 0 Å². The van der Waals surface area contributed by atoms with Crippen molar-refractivity contribution < 1.29 is 0 Å². The number of anilines is 2. The van der Waals surface area contributed by atoms with Crippen LogP contribution >= 0.6 is 23.2 Å². The second kappa shape index (κ2) is 8.63. The standard InChI is InChI=1S/C27H25Cl2N5O/c1-33(2)19-11-15-6-7-17(10-16(15)12-19)31-27-30-13-20-25(35)21(24-22(28)4-3-5-23(24)29)14-34(18-8-9-18)26(20)32-27/h3-7,10,13-14,18-19H,8-9,11-12H2,1-2H3,(H,30,31,32). The minimum absolute atomic E-state index is 0.175. The van der Waals surface area contributed by atoms with E-state index in [2.05, 4.69) is 52.1 Å². The number of nitrogens with one attached hydrogen (secondary N) is 1. The molecule has 0 spiro atoms. The van der Waals surface area contributed by atoms with Crippen LogP contribution < -0.4 is 10.7 Å². The lowest BCUT2D eigenvalue weighted by Crippen LogP contribution is -2.27. The predicted octanol–water partition coefficient (Wildman–Crippen LogP) is 5.87. The molecule has 1 unspecified atom stereocenters. The molecule has 4 aromatic rings. The molecule has 6 nitrogen and oxygen atoms in total. The van der Waals surface area contributed by atoms with Crippen molar-refractivity contribution in [3.63, 3.8) is 0 Å². The van der Waals surface area contributed by atoms with Gasteiger partial charge in [0.2, 0.25) is 11.4 Å². The Labute approximate surface area is 213 Å². The molecule has 2 aromatic carbocycles. The van der Waals surface area contributed by atoms with Crippen LogP contribution in [0.3, 0.4) is 0 Å². The summed E-state index contributed by atoms with van der Waals surface area (Å²) in [6.45, 7) is 0. The summed E-state index contributed by atoms with van der Waals surface area (Å²) in [5.41, 5.74) is 5.16. The summed E-state index contributed by atoms with van der Waals surface area (Å²) < 4.78 is 2.07. The molecule has 1 N–H and O–H groups in total. The van der Waals surface area contributed by atoms with Crippen molar-refractivity contribution >= 4 is 45.9 Å². The first-order chi connectivity index (χ1) is 16.9. The number of likely N-dealkylation sites (N-methyl/N-ethyl adjacent to an activating group) is 1. The van der Waals surface area contributed by atoms with Gasteiger partial charge in [-0.05, 0) is 75.2 Å². The van der Waals surface area contributed by atoms with Gasteiger partial charge in [0.25, 0.3) is 0 Å². The Balaban J connectivity index is 1.40. The average Bonchev–Trinajstić information content (AvgIpc) is 3.58. The lowest BCUT2D eigenvalue weighted by molar-refractivity contribution is 0.303. The maximum absolute atomic E-state index is 13.5. The number of hydrogen-bond acceptors (Lipinski definition) is 5. The highest BCUT2D eigenvalue weighted by Gasteiger charge is 2.28. The Bertz CT molecular complexity index is 1510. The van der Waals surface area contributed by atoms with Gasteiger partial charge in [0.15, 0.2) is 0 Å². The molecule has 0 amide bonds. The Morgan fingerprint density at radius 1 is 1.06 bits per heavy atom. The Kier molecular flexibility index (Phi) is 5.55. The van der Waals surface area contributed by atoms with E-state index in [1.54, 1.807) is 24.4 Å². The molecule has 6 rings (SSSR count). The van der Waals surface area contributed by atoms with Gasteiger partial charge < -0.3 is 14.8 Å². The zero-order chi connectivity index (χ0) is 24.3. The number of aromatic nitrogens is 3. The lowest BCUT2D eigenvalue weighted by Gasteiger charge is -2.17. The second-order valence-electron chi connectivity index (χ2n) is 9.67. The van der Waals surface area contributed by atoms with Crippen LogP contribution in [0, 0.1) is 0 Å². The summed E-state index contributed by atoms with van der Waals surface area (Å²) in [7, 11) is 4.26. The third-order valence-electron chi connectivity index (χ3n) is 7.05. The fourth-order valence-electron chi connectivity index (χ4n) is 4.93. The van der Waals surface area contributed by atoms with Crippen LogP contribution in [-0.2, 0) is 12.8 Å². The predicted molar refractivity (Wildman–Crippen MR) is 142 cm³/mol. The van der Waals surface area contributed by atoms with Crippen LogP contribution in [0.5, 0.6) is 0 Å². The van der Waals surface area contributed by atoms with Crippen molar-refractivity contribution in [1.82, 2.24) is 19.4 Å². The van der Waals surface area contributed by atoms with Gasteiger partial charge in [-0.15, -0.1) is 0 Å². The smallest absolute Gasteiger partial charge is 0.229 e. The summed E-state index contributed by atoms with van der Waals surface area (Å²) in [5.74, 6) is 0.469. The molecule has 2 heterocycles. The highest BCUT2D eigenvalue weighted by Crippen LogP contribution is 2.39. The first kappa shape index (κ1) is 22.5. The first-order valence-corrected chi connectivity index (χ1v) is 12.6. The van der Waals surface area contributed by atoms with Crippen molar-refractivity contribution in [2.45, 2.75) is 37.8 Å². The molecule has 35 heavy (non-hydrogen) atoms. The molecule has 1 saturated carbocycles. The first-order valence-electron chi connectivity index (χ1n) is 11.8. The summed E-state index contributed by atoms with van der Waals surface area (Å²) in [5, 5.41) is 4.70. The van der Waals surface area contributed by atoms with E-state index in [0.717, 1.165) is 31.4 Å². The zero-order valence-corrected chi connectivity index (χ0v) is 21.1. The maximum atomic E-state index is 13.5. The molecule has 2 aliphatic rings. The van der Waals surface area contributed by atoms with Crippen LogP contribution in [0.25, 0.3) is 22.2 Å². The van der Waals surface area contributed by atoms with Crippen molar-refractivity contribution in [2.75, 3.05) is 19.4 Å². The molecule has 1 fully saturated rings. The van der Waals surface area contributed by atoms with E-state index in [0.29, 0.717) is 50.2 Å². The molecule has 0 bridgehead atoms. The minimum Gasteiger partial charge on any atom is -0.328 e. The highest BCUT2D eigenvalue weighted by atomic mass is 35.5. The van der Waals surface area contributed by atoms with Gasteiger partial charge >= 0.3 is 0 Å². The monoisotopic (exact) mass is 505 g/mol. The van der Waals surface area contributed by atoms with Crippen molar-refractivity contribution in [3.05, 3.63) is 80.2 Å². The summed E-state index contributed by atoms with van der Waals surface area (Å²) in [6, 6.07) is 12.5. The summed E-state index contributed by atoms with van der Waals surface area (Å²) in [6.07, 6.45) is 7.64. The topological polar surface area (TPSA) is 63.1 Å². The van der Waals surface area contributed by atoms with Crippen LogP contribution in [0.1, 0.15) is 30.0 Å². The Morgan fingerprint density at radius 2 is 1.80 bits per heavy atom. The number of rotatable bonds is 5. The molecule has 0 radical (unpaired) electrons. The number of fused-ring (bicyclic) bond motifs is 2. The van der Waals surface area contributed by atoms with Crippen molar-refractivity contribution in [1.29, 1.82) is 0 Å². The molecule has 178 valence electrons. The van der Waals surface area contributed by atoms with Gasteiger partial charge in [0, 0.05) is 41.3 Å². The van der Waals surface area contributed by atoms with E-state index in [1.807, 2.05) is 6.20 Å². The second-order valence-corrected chi connectivity index (χ2v) is 10.5. The molecule has 0 aliphatic heterocycles. The molecular formula is C27H25Cl2N5O. The fraction of sp³-hybridized carbons (Fsp3) is 0.296. The van der Waals surface area contributed by atoms with E-state index in [-0.39, 0.29) is 5.43 Å². The van der Waals surface area contributed by atoms with Crippen LogP contribution in [0.4, 0.5) is 11.6 Å². The molecule has 1 atom stereocenters. The van der Waals surface area contributed by atoms with Gasteiger partial charge in [0.05, 0.1) is 15.4 Å². The van der Waals surface area contributed by atoms with E-state index in [9.17, 15) is 4.79 Å². The fourth-order valence-corrected chi connectivity index (χ4v) is 5.53. The molecule has 8 heteroatoms. The van der Waals surface area contributed by atoms with Crippen molar-refractivity contribution in [2.24, 2.45) is 0 Å². The Morgan fingerprint density at radius 3 is 2.51 bits per heavy atom. The number of halogens is 2. The highest BCUT2D eigenvalue weighted by molar-refractivity contribution is 6.39.